The van der Waals surface area contributed by atoms with E-state index >= 15 is 0 Å². The Kier molecular flexibility index (Phi) is 4.84. The number of halogens is 3. The van der Waals surface area contributed by atoms with Crippen LogP contribution in [0.25, 0.3) is 0 Å². The van der Waals surface area contributed by atoms with Gasteiger partial charge in [-0.1, -0.05) is 0 Å². The number of hydrazine groups is 1. The molecule has 1 aliphatic heterocycles. The molecule has 1 aromatic carbocycles. The summed E-state index contributed by atoms with van der Waals surface area (Å²) < 4.78 is 37.4. The van der Waals surface area contributed by atoms with E-state index in [9.17, 15) is 22.8 Å². The van der Waals surface area contributed by atoms with Gasteiger partial charge in [0.15, 0.2) is 12.5 Å². The number of hydrogen-bond donors (Lipinski definition) is 3. The lowest BCUT2D eigenvalue weighted by Gasteiger charge is -2.31. The minimum absolute atomic E-state index is 0.188. The predicted molar refractivity (Wildman–Crippen MR) is 76.4 cm³/mol. The molecule has 7 nitrogen and oxygen atoms in total. The van der Waals surface area contributed by atoms with Crippen LogP contribution in [0.5, 0.6) is 0 Å². The molecule has 124 valence electrons. The van der Waals surface area contributed by atoms with Crippen molar-refractivity contribution in [3.8, 4) is 0 Å². The second-order valence-corrected chi connectivity index (χ2v) is 4.83. The summed E-state index contributed by atoms with van der Waals surface area (Å²) >= 11 is 0. The Balaban J connectivity index is 1.96. The number of urea groups is 1. The van der Waals surface area contributed by atoms with Crippen molar-refractivity contribution in [2.45, 2.75) is 19.3 Å². The fourth-order valence-corrected chi connectivity index (χ4v) is 1.87. The van der Waals surface area contributed by atoms with E-state index in [0.717, 1.165) is 24.3 Å². The quantitative estimate of drug-likeness (QED) is 0.735. The highest BCUT2D eigenvalue weighted by molar-refractivity contribution is 5.90. The Morgan fingerprint density at radius 2 is 2.04 bits per heavy atom. The molecule has 10 heteroatoms. The van der Waals surface area contributed by atoms with Crippen molar-refractivity contribution in [1.82, 2.24) is 15.9 Å². The Morgan fingerprint density at radius 3 is 2.61 bits per heavy atom. The van der Waals surface area contributed by atoms with Gasteiger partial charge >= 0.3 is 12.2 Å². The van der Waals surface area contributed by atoms with Gasteiger partial charge in [0.2, 0.25) is 0 Å². The van der Waals surface area contributed by atoms with Gasteiger partial charge in [-0.2, -0.15) is 23.3 Å². The molecule has 2 amide bonds. The molecule has 1 aliphatic rings. The zero-order valence-electron chi connectivity index (χ0n) is 12.0. The van der Waals surface area contributed by atoms with Crippen molar-refractivity contribution in [2.75, 3.05) is 11.9 Å². The van der Waals surface area contributed by atoms with E-state index in [1.807, 2.05) is 0 Å². The van der Waals surface area contributed by atoms with E-state index in [4.69, 9.17) is 0 Å². The van der Waals surface area contributed by atoms with Crippen LogP contribution in [0.15, 0.2) is 29.4 Å². The number of benzene rings is 1. The number of nitrogens with zero attached hydrogens (tertiary/aromatic N) is 2. The average molecular weight is 329 g/mol. The molecule has 0 radical (unpaired) electrons. The average Bonchev–Trinajstić information content (AvgIpc) is 2.47. The van der Waals surface area contributed by atoms with Crippen molar-refractivity contribution < 1.29 is 22.8 Å². The van der Waals surface area contributed by atoms with Crippen LogP contribution >= 0.6 is 0 Å². The Morgan fingerprint density at radius 1 is 1.39 bits per heavy atom. The number of hydrazone groups is 1. The van der Waals surface area contributed by atoms with Gasteiger partial charge in [-0.3, -0.25) is 15.6 Å². The first-order valence-corrected chi connectivity index (χ1v) is 6.55. The number of rotatable bonds is 3. The van der Waals surface area contributed by atoms with Crippen molar-refractivity contribution in [2.24, 2.45) is 5.10 Å². The summed E-state index contributed by atoms with van der Waals surface area (Å²) in [5.41, 5.74) is 5.00. The van der Waals surface area contributed by atoms with Crippen molar-refractivity contribution in [3.63, 3.8) is 0 Å². The van der Waals surface area contributed by atoms with E-state index < -0.39 is 23.9 Å². The van der Waals surface area contributed by atoms with E-state index in [-0.39, 0.29) is 12.2 Å². The number of alkyl halides is 3. The number of amides is 2. The van der Waals surface area contributed by atoms with Gasteiger partial charge < -0.3 is 5.32 Å². The highest BCUT2D eigenvalue weighted by Crippen LogP contribution is 2.29. The highest BCUT2D eigenvalue weighted by atomic mass is 19.4. The van der Waals surface area contributed by atoms with Crippen LogP contribution in [0, 0.1) is 0 Å². The third-order valence-electron chi connectivity index (χ3n) is 2.97. The van der Waals surface area contributed by atoms with Crippen LogP contribution in [0.4, 0.5) is 23.7 Å². The smallest absolute Gasteiger partial charge is 0.307 e. The van der Waals surface area contributed by atoms with Gasteiger partial charge in [-0.05, 0) is 31.2 Å². The fraction of sp³-hybridized carbons (Fsp3) is 0.308. The largest absolute Gasteiger partial charge is 0.416 e. The van der Waals surface area contributed by atoms with Crippen LogP contribution in [-0.2, 0) is 11.0 Å². The molecule has 0 fully saturated rings. The molecule has 1 unspecified atom stereocenters. The molecule has 1 atom stereocenters. The van der Waals surface area contributed by atoms with Gasteiger partial charge in [-0.25, -0.2) is 4.79 Å². The summed E-state index contributed by atoms with van der Waals surface area (Å²) in [7, 11) is 0. The second kappa shape index (κ2) is 6.65. The molecule has 0 saturated heterocycles. The minimum Gasteiger partial charge on any atom is -0.307 e. The predicted octanol–water partition coefficient (Wildman–Crippen LogP) is 1.55. The molecule has 3 N–H and O–H groups in total. The number of anilines is 1. The highest BCUT2D eigenvalue weighted by Gasteiger charge is 2.30. The van der Waals surface area contributed by atoms with Crippen molar-refractivity contribution >= 4 is 23.7 Å². The SMILES string of the molecule is CC1=NNC(C=O)N(NC(=O)Nc2ccc(C(F)(F)F)cc2)C1. The maximum absolute atomic E-state index is 12.5. The first-order valence-electron chi connectivity index (χ1n) is 6.55. The van der Waals surface area contributed by atoms with Crippen LogP contribution < -0.4 is 16.2 Å². The third-order valence-corrected chi connectivity index (χ3v) is 2.97. The number of hydrogen-bond acceptors (Lipinski definition) is 5. The monoisotopic (exact) mass is 329 g/mol. The van der Waals surface area contributed by atoms with Crippen LogP contribution in [0.3, 0.4) is 0 Å². The molecule has 0 saturated carbocycles. The lowest BCUT2D eigenvalue weighted by Crippen LogP contribution is -2.59. The zero-order valence-corrected chi connectivity index (χ0v) is 12.0. The molecule has 0 bridgehead atoms. The lowest BCUT2D eigenvalue weighted by molar-refractivity contribution is -0.137. The maximum atomic E-state index is 12.5. The summed E-state index contributed by atoms with van der Waals surface area (Å²) in [6, 6.07) is 3.32. The zero-order chi connectivity index (χ0) is 17.0. The summed E-state index contributed by atoms with van der Waals surface area (Å²) in [6.45, 7) is 1.94. The topological polar surface area (TPSA) is 85.8 Å². The Labute approximate surface area is 129 Å². The van der Waals surface area contributed by atoms with Gasteiger partial charge in [0.25, 0.3) is 0 Å². The Bertz CT molecular complexity index is 615. The van der Waals surface area contributed by atoms with Gasteiger partial charge in [-0.15, -0.1) is 0 Å². The minimum atomic E-state index is -4.44. The van der Waals surface area contributed by atoms with Crippen LogP contribution in [0.2, 0.25) is 0 Å². The van der Waals surface area contributed by atoms with Crippen molar-refractivity contribution in [3.05, 3.63) is 29.8 Å². The van der Waals surface area contributed by atoms with E-state index in [2.05, 4.69) is 21.3 Å². The lowest BCUT2D eigenvalue weighted by atomic mass is 10.2. The number of aldehydes is 1. The number of carbonyl (C=O) groups is 2. The molecule has 0 aromatic heterocycles. The standard InChI is InChI=1S/C13H14F3N5O2/c1-8-6-21(11(7-22)19-18-8)20-12(23)17-10-4-2-9(3-5-10)13(14,15)16/h2-5,7,11,19H,6H2,1H3,(H2,17,20,23). The van der Waals surface area contributed by atoms with E-state index in [0.29, 0.717) is 12.0 Å². The maximum Gasteiger partial charge on any atom is 0.416 e. The molecule has 2 rings (SSSR count). The molecular weight excluding hydrogens is 315 g/mol. The van der Waals surface area contributed by atoms with Gasteiger partial charge in [0.05, 0.1) is 17.8 Å². The molecule has 23 heavy (non-hydrogen) atoms. The second-order valence-electron chi connectivity index (χ2n) is 4.83. The number of nitrogens with one attached hydrogen (secondary N) is 3. The molecule has 1 heterocycles. The Hall–Kier alpha value is -2.62. The first kappa shape index (κ1) is 16.7. The summed E-state index contributed by atoms with van der Waals surface area (Å²) in [5, 5.41) is 7.57. The van der Waals surface area contributed by atoms with Gasteiger partial charge in [0, 0.05) is 5.69 Å². The van der Waals surface area contributed by atoms with E-state index in [1.54, 1.807) is 6.92 Å². The summed E-state index contributed by atoms with van der Waals surface area (Å²) in [5.74, 6) is 0. The fourth-order valence-electron chi connectivity index (χ4n) is 1.87. The van der Waals surface area contributed by atoms with Crippen LogP contribution in [0.1, 0.15) is 12.5 Å². The van der Waals surface area contributed by atoms with Gasteiger partial charge in [0.1, 0.15) is 0 Å². The normalized spacial score (nSPS) is 18.6. The summed E-state index contributed by atoms with van der Waals surface area (Å²) in [6.07, 6.45) is -4.69. The first-order chi connectivity index (χ1) is 10.8. The summed E-state index contributed by atoms with van der Waals surface area (Å²) in [4.78, 5) is 22.8. The molecule has 0 aliphatic carbocycles. The molecule has 1 aromatic rings. The molecular formula is C13H14F3N5O2. The molecule has 0 spiro atoms. The number of carbonyl (C=O) groups excluding carboxylic acids is 2. The van der Waals surface area contributed by atoms with Crippen LogP contribution in [-0.4, -0.2) is 35.7 Å². The third kappa shape index (κ3) is 4.42. The van der Waals surface area contributed by atoms with Crippen molar-refractivity contribution in [1.29, 1.82) is 0 Å². The van der Waals surface area contributed by atoms with E-state index in [1.165, 1.54) is 5.01 Å².